The number of likely N-dealkylation sites (tertiary alicyclic amines) is 1. The zero-order valence-electron chi connectivity index (χ0n) is 15.6. The van der Waals surface area contributed by atoms with Crippen LogP contribution in [0, 0.1) is 12.8 Å². The van der Waals surface area contributed by atoms with Gasteiger partial charge in [-0.1, -0.05) is 0 Å². The van der Waals surface area contributed by atoms with Crippen LogP contribution in [0.2, 0.25) is 0 Å². The lowest BCUT2D eigenvalue weighted by Crippen LogP contribution is -2.32. The number of carbonyl (C=O) groups excluding carboxylic acids is 1. The van der Waals surface area contributed by atoms with E-state index in [2.05, 4.69) is 42.3 Å². The van der Waals surface area contributed by atoms with E-state index in [1.165, 1.54) is 4.88 Å². The first-order chi connectivity index (χ1) is 12.0. The van der Waals surface area contributed by atoms with Crippen molar-refractivity contribution in [2.75, 3.05) is 26.7 Å². The van der Waals surface area contributed by atoms with E-state index >= 15 is 0 Å². The van der Waals surface area contributed by atoms with E-state index in [4.69, 9.17) is 0 Å². The Kier molecular flexibility index (Phi) is 5.59. The van der Waals surface area contributed by atoms with Gasteiger partial charge in [-0.05, 0) is 52.3 Å². The van der Waals surface area contributed by atoms with Crippen molar-refractivity contribution in [3.63, 3.8) is 0 Å². The lowest BCUT2D eigenvalue weighted by atomic mass is 10.1. The summed E-state index contributed by atoms with van der Waals surface area (Å²) in [6.45, 7) is 9.97. The highest BCUT2D eigenvalue weighted by Crippen LogP contribution is 2.22. The van der Waals surface area contributed by atoms with Crippen molar-refractivity contribution in [2.24, 2.45) is 5.92 Å². The standard InChI is InChI=1S/C19H28N4OS/c1-14(2)23-8-5-6-17(23)19(24)22-9-7-16(11-22)10-21(4)12-18-15(3)20-13-25-18/h5-6,8,13-14,16H,7,9-12H2,1-4H3/t16-/m0/s1. The highest BCUT2D eigenvalue weighted by molar-refractivity contribution is 7.09. The fourth-order valence-corrected chi connectivity index (χ4v) is 4.44. The quantitative estimate of drug-likeness (QED) is 0.792. The van der Waals surface area contributed by atoms with Gasteiger partial charge < -0.3 is 14.4 Å². The third-order valence-electron chi connectivity index (χ3n) is 4.96. The molecule has 1 saturated heterocycles. The third kappa shape index (κ3) is 4.12. The number of rotatable bonds is 6. The molecule has 1 amide bonds. The van der Waals surface area contributed by atoms with Crippen molar-refractivity contribution in [3.8, 4) is 0 Å². The second-order valence-corrected chi connectivity index (χ2v) is 8.30. The molecule has 3 heterocycles. The number of amides is 1. The number of aromatic nitrogens is 2. The van der Waals surface area contributed by atoms with Gasteiger partial charge >= 0.3 is 0 Å². The summed E-state index contributed by atoms with van der Waals surface area (Å²) in [4.78, 5) is 22.9. The minimum Gasteiger partial charge on any atom is -0.341 e. The van der Waals surface area contributed by atoms with Crippen LogP contribution in [0.5, 0.6) is 0 Å². The summed E-state index contributed by atoms with van der Waals surface area (Å²) >= 11 is 1.72. The molecule has 136 valence electrons. The lowest BCUT2D eigenvalue weighted by Gasteiger charge is -2.22. The predicted octanol–water partition coefficient (Wildman–Crippen LogP) is 3.43. The second-order valence-electron chi connectivity index (χ2n) is 7.36. The molecule has 2 aromatic heterocycles. The normalized spacial score (nSPS) is 17.8. The van der Waals surface area contributed by atoms with Crippen molar-refractivity contribution in [2.45, 2.75) is 39.8 Å². The van der Waals surface area contributed by atoms with Gasteiger partial charge in [0.25, 0.3) is 5.91 Å². The predicted molar refractivity (Wildman–Crippen MR) is 102 cm³/mol. The molecule has 5 nitrogen and oxygen atoms in total. The topological polar surface area (TPSA) is 41.4 Å². The number of nitrogens with zero attached hydrogens (tertiary/aromatic N) is 4. The van der Waals surface area contributed by atoms with Gasteiger partial charge in [0.05, 0.1) is 11.2 Å². The minimum atomic E-state index is 0.169. The van der Waals surface area contributed by atoms with Gasteiger partial charge in [0.2, 0.25) is 0 Å². The molecule has 2 aromatic rings. The Bertz CT molecular complexity index is 721. The molecule has 0 aliphatic carbocycles. The monoisotopic (exact) mass is 360 g/mol. The summed E-state index contributed by atoms with van der Waals surface area (Å²) in [7, 11) is 2.16. The van der Waals surface area contributed by atoms with Crippen molar-refractivity contribution in [1.29, 1.82) is 0 Å². The van der Waals surface area contributed by atoms with E-state index < -0.39 is 0 Å². The second kappa shape index (κ2) is 7.70. The number of hydrogen-bond donors (Lipinski definition) is 0. The molecule has 0 saturated carbocycles. The Morgan fingerprint density at radius 2 is 2.28 bits per heavy atom. The molecule has 0 bridgehead atoms. The molecule has 0 N–H and O–H groups in total. The summed E-state index contributed by atoms with van der Waals surface area (Å²) in [5.74, 6) is 0.715. The molecular weight excluding hydrogens is 332 g/mol. The first-order valence-corrected chi connectivity index (χ1v) is 9.87. The molecule has 0 unspecified atom stereocenters. The van der Waals surface area contributed by atoms with E-state index in [-0.39, 0.29) is 5.91 Å². The van der Waals surface area contributed by atoms with Crippen LogP contribution in [-0.2, 0) is 6.54 Å². The Labute approximate surface area is 154 Å². The van der Waals surface area contributed by atoms with Crippen LogP contribution < -0.4 is 0 Å². The molecule has 1 aliphatic heterocycles. The number of hydrogen-bond acceptors (Lipinski definition) is 4. The van der Waals surface area contributed by atoms with E-state index in [0.29, 0.717) is 12.0 Å². The summed E-state index contributed by atoms with van der Waals surface area (Å²) in [5, 5.41) is 0. The van der Waals surface area contributed by atoms with Crippen LogP contribution in [0.4, 0.5) is 0 Å². The van der Waals surface area contributed by atoms with Gasteiger partial charge in [-0.15, -0.1) is 11.3 Å². The highest BCUT2D eigenvalue weighted by atomic mass is 32.1. The minimum absolute atomic E-state index is 0.169. The number of carbonyl (C=O) groups is 1. The van der Waals surface area contributed by atoms with Crippen LogP contribution in [0.15, 0.2) is 23.8 Å². The van der Waals surface area contributed by atoms with E-state index in [9.17, 15) is 4.79 Å². The molecular formula is C19H28N4OS. The number of aryl methyl sites for hydroxylation is 1. The molecule has 25 heavy (non-hydrogen) atoms. The van der Waals surface area contributed by atoms with Gasteiger partial charge in [0, 0.05) is 43.3 Å². The van der Waals surface area contributed by atoms with Gasteiger partial charge in [-0.3, -0.25) is 4.79 Å². The van der Waals surface area contributed by atoms with Gasteiger partial charge in [-0.2, -0.15) is 0 Å². The fraction of sp³-hybridized carbons (Fsp3) is 0.579. The molecule has 1 aliphatic rings. The Morgan fingerprint density at radius 3 is 2.96 bits per heavy atom. The summed E-state index contributed by atoms with van der Waals surface area (Å²) < 4.78 is 2.06. The van der Waals surface area contributed by atoms with Crippen LogP contribution in [0.1, 0.15) is 47.4 Å². The zero-order valence-corrected chi connectivity index (χ0v) is 16.4. The van der Waals surface area contributed by atoms with Crippen LogP contribution in [-0.4, -0.2) is 51.9 Å². The van der Waals surface area contributed by atoms with Gasteiger partial charge in [0.15, 0.2) is 0 Å². The molecule has 0 spiro atoms. The Morgan fingerprint density at radius 1 is 1.48 bits per heavy atom. The van der Waals surface area contributed by atoms with Crippen molar-refractivity contribution in [3.05, 3.63) is 40.1 Å². The fourth-order valence-electron chi connectivity index (χ4n) is 3.58. The average Bonchev–Trinajstić information content (AvgIpc) is 3.28. The molecule has 0 aromatic carbocycles. The van der Waals surface area contributed by atoms with E-state index in [0.717, 1.165) is 44.0 Å². The van der Waals surface area contributed by atoms with E-state index in [1.807, 2.05) is 28.7 Å². The Balaban J connectivity index is 1.55. The Hall–Kier alpha value is -1.66. The van der Waals surface area contributed by atoms with Crippen molar-refractivity contribution >= 4 is 17.2 Å². The summed E-state index contributed by atoms with van der Waals surface area (Å²) in [6.07, 6.45) is 3.08. The van der Waals surface area contributed by atoms with Crippen LogP contribution in [0.25, 0.3) is 0 Å². The molecule has 0 radical (unpaired) electrons. The SMILES string of the molecule is Cc1ncsc1CN(C)C[C@@H]1CCN(C(=O)c2cccn2C(C)C)C1. The highest BCUT2D eigenvalue weighted by Gasteiger charge is 2.29. The lowest BCUT2D eigenvalue weighted by molar-refractivity contribution is 0.0772. The maximum atomic E-state index is 12.9. The maximum absolute atomic E-state index is 12.9. The number of thiazole rings is 1. The summed E-state index contributed by atoms with van der Waals surface area (Å²) in [5.41, 5.74) is 3.86. The molecule has 1 atom stereocenters. The average molecular weight is 361 g/mol. The first-order valence-electron chi connectivity index (χ1n) is 8.99. The van der Waals surface area contributed by atoms with Crippen molar-refractivity contribution in [1.82, 2.24) is 19.4 Å². The third-order valence-corrected chi connectivity index (χ3v) is 5.88. The van der Waals surface area contributed by atoms with E-state index in [1.54, 1.807) is 11.3 Å². The molecule has 1 fully saturated rings. The van der Waals surface area contributed by atoms with Gasteiger partial charge in [-0.25, -0.2) is 4.98 Å². The first kappa shape index (κ1) is 18.1. The summed E-state index contributed by atoms with van der Waals surface area (Å²) in [6, 6.07) is 4.21. The zero-order chi connectivity index (χ0) is 18.0. The van der Waals surface area contributed by atoms with Crippen molar-refractivity contribution < 1.29 is 4.79 Å². The largest absolute Gasteiger partial charge is 0.341 e. The van der Waals surface area contributed by atoms with Crippen LogP contribution >= 0.6 is 11.3 Å². The molecule has 6 heteroatoms. The van der Waals surface area contributed by atoms with Crippen LogP contribution in [0.3, 0.4) is 0 Å². The van der Waals surface area contributed by atoms with Gasteiger partial charge in [0.1, 0.15) is 5.69 Å². The molecule has 3 rings (SSSR count). The smallest absolute Gasteiger partial charge is 0.270 e. The maximum Gasteiger partial charge on any atom is 0.270 e.